The van der Waals surface area contributed by atoms with Gasteiger partial charge < -0.3 is 5.73 Å². The van der Waals surface area contributed by atoms with Crippen LogP contribution in [0.4, 0.5) is 0 Å². The highest BCUT2D eigenvalue weighted by molar-refractivity contribution is 9.10. The zero-order chi connectivity index (χ0) is 13.5. The second-order valence-corrected chi connectivity index (χ2v) is 5.56. The average Bonchev–Trinajstić information content (AvgIpc) is 2.45. The highest BCUT2D eigenvalue weighted by Gasteiger charge is 2.04. The number of hydrogen-bond donors (Lipinski definition) is 1. The number of halogens is 1. The fraction of sp³-hybridized carbons (Fsp3) is 0.133. The number of hydrogen-bond acceptors (Lipinski definition) is 3. The molecule has 1 aromatic heterocycles. The van der Waals surface area contributed by atoms with Crippen LogP contribution in [0.15, 0.2) is 52.1 Å². The monoisotopic (exact) mass is 332 g/mol. The smallest absolute Gasteiger partial charge is 0.110 e. The van der Waals surface area contributed by atoms with E-state index in [1.54, 1.807) is 18.0 Å². The first kappa shape index (κ1) is 14.1. The molecule has 0 aliphatic rings. The van der Waals surface area contributed by atoms with Gasteiger partial charge in [0.05, 0.1) is 6.54 Å². The lowest BCUT2D eigenvalue weighted by molar-refractivity contribution is 1.11. The maximum Gasteiger partial charge on any atom is 0.110 e. The molecule has 19 heavy (non-hydrogen) atoms. The largest absolute Gasteiger partial charge is 0.320 e. The van der Waals surface area contributed by atoms with Crippen molar-refractivity contribution in [3.63, 3.8) is 0 Å². The normalized spacial score (nSPS) is 9.79. The van der Waals surface area contributed by atoms with Crippen LogP contribution in [-0.4, -0.2) is 11.5 Å². The molecular weight excluding hydrogens is 320 g/mol. The lowest BCUT2D eigenvalue weighted by Gasteiger charge is -2.05. The minimum Gasteiger partial charge on any atom is -0.320 e. The van der Waals surface area contributed by atoms with Gasteiger partial charge in [0, 0.05) is 22.0 Å². The van der Waals surface area contributed by atoms with Crippen LogP contribution >= 0.6 is 27.7 Å². The Hall–Kier alpha value is -1.28. The summed E-state index contributed by atoms with van der Waals surface area (Å²) in [7, 11) is 0. The van der Waals surface area contributed by atoms with E-state index < -0.39 is 0 Å². The maximum absolute atomic E-state index is 5.42. The Morgan fingerprint density at radius 1 is 1.21 bits per heavy atom. The van der Waals surface area contributed by atoms with Crippen LogP contribution < -0.4 is 5.73 Å². The van der Waals surface area contributed by atoms with Gasteiger partial charge in [-0.2, -0.15) is 0 Å². The lowest BCUT2D eigenvalue weighted by Crippen LogP contribution is -1.94. The van der Waals surface area contributed by atoms with Gasteiger partial charge in [-0.3, -0.25) is 0 Å². The Labute approximate surface area is 125 Å². The van der Waals surface area contributed by atoms with Crippen LogP contribution in [0, 0.1) is 11.8 Å². The van der Waals surface area contributed by atoms with Crippen LogP contribution in [0.5, 0.6) is 0 Å². The Morgan fingerprint density at radius 3 is 2.84 bits per heavy atom. The van der Waals surface area contributed by atoms with Gasteiger partial charge in [-0.05, 0) is 39.7 Å². The first-order valence-corrected chi connectivity index (χ1v) is 7.59. The number of benzene rings is 1. The zero-order valence-corrected chi connectivity index (χ0v) is 12.7. The number of aromatic nitrogens is 1. The number of nitrogens with zero attached hydrogens (tertiary/aromatic N) is 1. The van der Waals surface area contributed by atoms with E-state index >= 15 is 0 Å². The summed E-state index contributed by atoms with van der Waals surface area (Å²) in [4.78, 5) is 4.35. The average molecular weight is 333 g/mol. The van der Waals surface area contributed by atoms with Gasteiger partial charge in [-0.25, -0.2) is 4.98 Å². The quantitative estimate of drug-likeness (QED) is 0.691. The second kappa shape index (κ2) is 7.34. The molecule has 2 rings (SSSR count). The summed E-state index contributed by atoms with van der Waals surface area (Å²) in [6, 6.07) is 12.0. The Morgan fingerprint density at radius 2 is 2.05 bits per heavy atom. The molecule has 0 spiro atoms. The van der Waals surface area contributed by atoms with Crippen molar-refractivity contribution in [2.45, 2.75) is 10.8 Å². The molecule has 1 aromatic carbocycles. The molecule has 96 valence electrons. The Balaban J connectivity index is 2.14. The van der Waals surface area contributed by atoms with Crippen molar-refractivity contribution < 1.29 is 0 Å². The summed E-state index contributed by atoms with van der Waals surface area (Å²) in [6.07, 6.45) is 1.80. The van der Waals surface area contributed by atoms with Crippen molar-refractivity contribution in [2.24, 2.45) is 5.73 Å². The Bertz CT molecular complexity index is 617. The van der Waals surface area contributed by atoms with Crippen LogP contribution in [0.3, 0.4) is 0 Å². The highest BCUT2D eigenvalue weighted by atomic mass is 79.9. The molecule has 1 heterocycles. The summed E-state index contributed by atoms with van der Waals surface area (Å²) in [6.45, 7) is 0.382. The number of pyridine rings is 1. The third-order valence-corrected chi connectivity index (χ3v) is 4.39. The summed E-state index contributed by atoms with van der Waals surface area (Å²) in [5.74, 6) is 6.84. The van der Waals surface area contributed by atoms with Crippen LogP contribution in [0.2, 0.25) is 0 Å². The molecule has 0 aliphatic heterocycles. The molecule has 0 aliphatic carbocycles. The number of rotatable bonds is 3. The standard InChI is InChI=1S/C15H13BrN2S/c16-14-8-4-10-18-15(14)19-11-13-6-2-1-5-12(13)7-3-9-17/h1-2,4-6,8,10H,9,11,17H2. The third-order valence-electron chi connectivity index (χ3n) is 2.43. The third kappa shape index (κ3) is 4.10. The van der Waals surface area contributed by atoms with Gasteiger partial charge in [-0.15, -0.1) is 11.8 Å². The van der Waals surface area contributed by atoms with Gasteiger partial charge >= 0.3 is 0 Å². The summed E-state index contributed by atoms with van der Waals surface area (Å²) in [5.41, 5.74) is 7.65. The first-order valence-electron chi connectivity index (χ1n) is 5.81. The molecule has 0 amide bonds. The SMILES string of the molecule is NCC#Cc1ccccc1CSc1ncccc1Br. The predicted molar refractivity (Wildman–Crippen MR) is 83.9 cm³/mol. The van der Waals surface area contributed by atoms with Crippen LogP contribution in [0.25, 0.3) is 0 Å². The molecule has 0 saturated heterocycles. The fourth-order valence-electron chi connectivity index (χ4n) is 1.54. The molecule has 2 nitrogen and oxygen atoms in total. The van der Waals surface area contributed by atoms with Crippen molar-refractivity contribution in [2.75, 3.05) is 6.54 Å². The number of thioether (sulfide) groups is 1. The molecule has 0 radical (unpaired) electrons. The molecular formula is C15H13BrN2S. The summed E-state index contributed by atoms with van der Waals surface area (Å²) >= 11 is 5.19. The van der Waals surface area contributed by atoms with Gasteiger partial charge in [0.2, 0.25) is 0 Å². The molecule has 4 heteroatoms. The van der Waals surface area contributed by atoms with Gasteiger partial charge in [0.15, 0.2) is 0 Å². The van der Waals surface area contributed by atoms with Crippen molar-refractivity contribution in [1.82, 2.24) is 4.98 Å². The first-order chi connectivity index (χ1) is 9.31. The second-order valence-electron chi connectivity index (χ2n) is 3.74. The summed E-state index contributed by atoms with van der Waals surface area (Å²) < 4.78 is 1.02. The van der Waals surface area contributed by atoms with Gasteiger partial charge in [0.1, 0.15) is 5.03 Å². The molecule has 2 N–H and O–H groups in total. The molecule has 0 unspecified atom stereocenters. The predicted octanol–water partition coefficient (Wildman–Crippen LogP) is 3.45. The maximum atomic E-state index is 5.42. The van der Waals surface area contributed by atoms with E-state index in [2.05, 4.69) is 38.8 Å². The Kier molecular flexibility index (Phi) is 5.46. The van der Waals surface area contributed by atoms with E-state index in [-0.39, 0.29) is 0 Å². The minimum absolute atomic E-state index is 0.382. The van der Waals surface area contributed by atoms with E-state index in [0.29, 0.717) is 6.54 Å². The topological polar surface area (TPSA) is 38.9 Å². The fourth-order valence-corrected chi connectivity index (χ4v) is 3.02. The van der Waals surface area contributed by atoms with Crippen molar-refractivity contribution in [3.8, 4) is 11.8 Å². The summed E-state index contributed by atoms with van der Waals surface area (Å²) in [5, 5.41) is 0.990. The molecule has 0 fully saturated rings. The molecule has 0 bridgehead atoms. The van der Waals surface area contributed by atoms with E-state index in [0.717, 1.165) is 20.8 Å². The van der Waals surface area contributed by atoms with E-state index in [4.69, 9.17) is 5.73 Å². The molecule has 0 saturated carbocycles. The van der Waals surface area contributed by atoms with Crippen molar-refractivity contribution >= 4 is 27.7 Å². The zero-order valence-electron chi connectivity index (χ0n) is 10.3. The van der Waals surface area contributed by atoms with Crippen LogP contribution in [0.1, 0.15) is 11.1 Å². The van der Waals surface area contributed by atoms with Crippen molar-refractivity contribution in [1.29, 1.82) is 0 Å². The minimum atomic E-state index is 0.382. The van der Waals surface area contributed by atoms with Crippen LogP contribution in [-0.2, 0) is 5.75 Å². The highest BCUT2D eigenvalue weighted by Crippen LogP contribution is 2.28. The van der Waals surface area contributed by atoms with E-state index in [1.165, 1.54) is 5.56 Å². The van der Waals surface area contributed by atoms with Gasteiger partial charge in [0.25, 0.3) is 0 Å². The van der Waals surface area contributed by atoms with Crippen molar-refractivity contribution in [3.05, 3.63) is 58.2 Å². The molecule has 0 atom stereocenters. The van der Waals surface area contributed by atoms with E-state index in [1.807, 2.05) is 30.3 Å². The lowest BCUT2D eigenvalue weighted by atomic mass is 10.1. The number of nitrogens with two attached hydrogens (primary N) is 1. The molecule has 2 aromatic rings. The van der Waals surface area contributed by atoms with E-state index in [9.17, 15) is 0 Å². The van der Waals surface area contributed by atoms with Gasteiger partial charge in [-0.1, -0.05) is 30.0 Å².